The van der Waals surface area contributed by atoms with Crippen molar-refractivity contribution in [2.75, 3.05) is 13.1 Å². The maximum atomic E-state index is 12.4. The molecule has 1 amide bonds. The van der Waals surface area contributed by atoms with Gasteiger partial charge in [-0.25, -0.2) is 27.1 Å². The van der Waals surface area contributed by atoms with E-state index >= 15 is 0 Å². The third-order valence-electron chi connectivity index (χ3n) is 2.82. The molecule has 2 N–H and O–H groups in total. The second-order valence-corrected chi connectivity index (χ2v) is 8.91. The van der Waals surface area contributed by atoms with Crippen LogP contribution in [-0.2, 0) is 25.6 Å². The molecule has 1 unspecified atom stereocenters. The van der Waals surface area contributed by atoms with E-state index in [-0.39, 0.29) is 22.9 Å². The Kier molecular flexibility index (Phi) is 5.41. The van der Waals surface area contributed by atoms with Gasteiger partial charge in [-0.15, -0.1) is 0 Å². The number of carbonyl (C=O) groups is 1. The first-order valence-electron chi connectivity index (χ1n) is 7.14. The van der Waals surface area contributed by atoms with Gasteiger partial charge in [-0.05, 0) is 32.9 Å². The highest BCUT2D eigenvalue weighted by Gasteiger charge is 2.26. The zero-order valence-electron chi connectivity index (χ0n) is 13.5. The molecule has 8 nitrogen and oxygen atoms in total. The number of nitrogens with one attached hydrogen (secondary N) is 2. The Hall–Kier alpha value is -1.78. The molecule has 1 aromatic carbocycles. The van der Waals surface area contributed by atoms with Gasteiger partial charge in [0.05, 0.1) is 26.9 Å². The Morgan fingerprint density at radius 2 is 2.00 bits per heavy atom. The van der Waals surface area contributed by atoms with Gasteiger partial charge in [0.15, 0.2) is 0 Å². The van der Waals surface area contributed by atoms with Gasteiger partial charge in [-0.1, -0.05) is 6.07 Å². The van der Waals surface area contributed by atoms with Gasteiger partial charge in [0.25, 0.3) is 0 Å². The summed E-state index contributed by atoms with van der Waals surface area (Å²) in [5, 5.41) is 2.45. The summed E-state index contributed by atoms with van der Waals surface area (Å²) in [6.45, 7) is 5.22. The third kappa shape index (κ3) is 4.62. The first-order valence-corrected chi connectivity index (χ1v) is 9.84. The second-order valence-electron chi connectivity index (χ2n) is 5.96. The average Bonchev–Trinajstić information content (AvgIpc) is 2.83. The molecule has 1 aliphatic rings. The summed E-state index contributed by atoms with van der Waals surface area (Å²) in [7, 11) is -5.45. The molecule has 0 fully saturated rings. The van der Waals surface area contributed by atoms with Crippen molar-refractivity contribution in [2.45, 2.75) is 36.2 Å². The van der Waals surface area contributed by atoms with Gasteiger partial charge >= 0.3 is 6.09 Å². The van der Waals surface area contributed by atoms with E-state index in [4.69, 9.17) is 4.74 Å². The number of ether oxygens (including phenoxy) is 1. The van der Waals surface area contributed by atoms with Crippen molar-refractivity contribution in [3.05, 3.63) is 18.2 Å². The molecule has 0 saturated carbocycles. The molecule has 0 bridgehead atoms. The van der Waals surface area contributed by atoms with Gasteiger partial charge in [-0.3, -0.25) is 0 Å². The number of hydrogen-bond acceptors (Lipinski definition) is 6. The molecule has 1 aliphatic heterocycles. The van der Waals surface area contributed by atoms with Crippen molar-refractivity contribution < 1.29 is 22.2 Å². The maximum Gasteiger partial charge on any atom is 0.407 e. The summed E-state index contributed by atoms with van der Waals surface area (Å²) in [5.74, 6) is 0. The summed E-state index contributed by atoms with van der Waals surface area (Å²) in [4.78, 5) is 15.5. The Morgan fingerprint density at radius 1 is 1.29 bits per heavy atom. The molecule has 0 radical (unpaired) electrons. The highest BCUT2D eigenvalue weighted by Crippen LogP contribution is 2.32. The number of carbonyl (C=O) groups excluding carboxylic acids is 1. The summed E-state index contributed by atoms with van der Waals surface area (Å²) < 4.78 is 44.0. The monoisotopic (exact) mass is 373 g/mol. The average molecular weight is 373 g/mol. The molecule has 1 aromatic rings. The Morgan fingerprint density at radius 3 is 2.67 bits per heavy atom. The number of aliphatic imine (C=N–C) groups is 1. The molecule has 0 aliphatic carbocycles. The first-order chi connectivity index (χ1) is 11.1. The number of hydrogen-bond donors (Lipinski definition) is 2. The Bertz CT molecular complexity index is 797. The molecule has 0 aromatic heterocycles. The smallest absolute Gasteiger partial charge is 0.407 e. The number of amides is 1. The van der Waals surface area contributed by atoms with E-state index in [1.807, 2.05) is 0 Å². The zero-order valence-corrected chi connectivity index (χ0v) is 15.2. The number of rotatable bonds is 5. The number of sulfonamides is 1. The summed E-state index contributed by atoms with van der Waals surface area (Å²) in [6, 6.07) is 4.50. The molecule has 24 heavy (non-hydrogen) atoms. The van der Waals surface area contributed by atoms with E-state index in [1.165, 1.54) is 17.7 Å². The number of fused-ring (bicyclic) bond motifs is 1. The zero-order chi connectivity index (χ0) is 18.0. The SMILES string of the molecule is CC(C)(C)OC(=O)NCCNS(=O)(=O)c1cccc2c1S(=O)C=N2. The van der Waals surface area contributed by atoms with E-state index in [1.54, 1.807) is 26.8 Å². The molecular formula is C14H19N3O5S2. The van der Waals surface area contributed by atoms with Gasteiger partial charge in [0, 0.05) is 13.1 Å². The van der Waals surface area contributed by atoms with Crippen LogP contribution >= 0.6 is 0 Å². The number of nitrogens with zero attached hydrogens (tertiary/aromatic N) is 1. The maximum absolute atomic E-state index is 12.4. The van der Waals surface area contributed by atoms with Crippen LogP contribution in [0.3, 0.4) is 0 Å². The minimum atomic E-state index is -3.87. The lowest BCUT2D eigenvalue weighted by atomic mass is 10.2. The van der Waals surface area contributed by atoms with Crippen molar-refractivity contribution in [1.82, 2.24) is 10.0 Å². The highest BCUT2D eigenvalue weighted by molar-refractivity contribution is 7.99. The van der Waals surface area contributed by atoms with Crippen molar-refractivity contribution in [3.63, 3.8) is 0 Å². The van der Waals surface area contributed by atoms with Crippen LogP contribution in [0.2, 0.25) is 0 Å². The predicted octanol–water partition coefficient (Wildman–Crippen LogP) is 1.27. The van der Waals surface area contributed by atoms with Gasteiger partial charge in [-0.2, -0.15) is 0 Å². The summed E-state index contributed by atoms with van der Waals surface area (Å²) in [5.41, 5.74) is 0.953. The fraction of sp³-hybridized carbons (Fsp3) is 0.429. The van der Waals surface area contributed by atoms with Crippen molar-refractivity contribution in [2.24, 2.45) is 4.99 Å². The van der Waals surface area contributed by atoms with Crippen LogP contribution in [0.1, 0.15) is 20.8 Å². The summed E-state index contributed by atoms with van der Waals surface area (Å²) >= 11 is 0. The van der Waals surface area contributed by atoms with E-state index < -0.39 is 32.5 Å². The quantitative estimate of drug-likeness (QED) is 0.755. The van der Waals surface area contributed by atoms with Gasteiger partial charge in [0.2, 0.25) is 10.0 Å². The molecule has 2 rings (SSSR count). The largest absolute Gasteiger partial charge is 0.444 e. The highest BCUT2D eigenvalue weighted by atomic mass is 32.2. The fourth-order valence-corrected chi connectivity index (χ4v) is 4.54. The predicted molar refractivity (Wildman–Crippen MR) is 90.4 cm³/mol. The second kappa shape index (κ2) is 6.99. The van der Waals surface area contributed by atoms with Crippen LogP contribution in [-0.4, -0.2) is 43.0 Å². The van der Waals surface area contributed by atoms with E-state index in [2.05, 4.69) is 15.0 Å². The minimum absolute atomic E-state index is 0.0290. The van der Waals surface area contributed by atoms with E-state index in [0.29, 0.717) is 5.69 Å². The van der Waals surface area contributed by atoms with Crippen LogP contribution in [0, 0.1) is 0 Å². The molecule has 1 heterocycles. The fourth-order valence-electron chi connectivity index (χ4n) is 1.92. The van der Waals surface area contributed by atoms with E-state index in [9.17, 15) is 17.4 Å². The summed E-state index contributed by atoms with van der Waals surface area (Å²) in [6.07, 6.45) is -0.628. The van der Waals surface area contributed by atoms with Crippen LogP contribution < -0.4 is 10.0 Å². The lowest BCUT2D eigenvalue weighted by molar-refractivity contribution is 0.0529. The third-order valence-corrected chi connectivity index (χ3v) is 5.58. The number of alkyl carbamates (subject to hydrolysis) is 1. The van der Waals surface area contributed by atoms with Crippen LogP contribution in [0.15, 0.2) is 33.0 Å². The Labute approximate surface area is 143 Å². The minimum Gasteiger partial charge on any atom is -0.444 e. The molecule has 0 spiro atoms. The lowest BCUT2D eigenvalue weighted by Crippen LogP contribution is -2.38. The van der Waals surface area contributed by atoms with Crippen molar-refractivity contribution in [3.8, 4) is 0 Å². The molecule has 10 heteroatoms. The standard InChI is InChI=1S/C14H19N3O5S2/c1-14(2,3)22-13(18)15-7-8-17-24(20,21)11-6-4-5-10-12(11)23(19)9-16-10/h4-6,9,17H,7-8H2,1-3H3,(H,15,18). The molecular weight excluding hydrogens is 354 g/mol. The van der Waals surface area contributed by atoms with Gasteiger partial charge < -0.3 is 10.1 Å². The first kappa shape index (κ1) is 18.6. The van der Waals surface area contributed by atoms with E-state index in [0.717, 1.165) is 0 Å². The molecule has 132 valence electrons. The van der Waals surface area contributed by atoms with Gasteiger partial charge in [0.1, 0.15) is 10.5 Å². The lowest BCUT2D eigenvalue weighted by Gasteiger charge is -2.19. The molecule has 1 atom stereocenters. The van der Waals surface area contributed by atoms with Crippen molar-refractivity contribution >= 4 is 38.2 Å². The molecule has 0 saturated heterocycles. The van der Waals surface area contributed by atoms with Crippen LogP contribution in [0.5, 0.6) is 0 Å². The van der Waals surface area contributed by atoms with Crippen LogP contribution in [0.25, 0.3) is 0 Å². The van der Waals surface area contributed by atoms with Crippen molar-refractivity contribution in [1.29, 1.82) is 0 Å². The Balaban J connectivity index is 1.96. The number of benzene rings is 1. The van der Waals surface area contributed by atoms with Crippen LogP contribution in [0.4, 0.5) is 10.5 Å². The normalized spacial score (nSPS) is 16.7. The topological polar surface area (TPSA) is 114 Å².